The minimum Gasteiger partial charge on any atom is -0.264 e. The van der Waals surface area contributed by atoms with Gasteiger partial charge in [0.1, 0.15) is 0 Å². The van der Waals surface area contributed by atoms with Gasteiger partial charge in [-0.3, -0.25) is 9.97 Å². The summed E-state index contributed by atoms with van der Waals surface area (Å²) in [7, 11) is 0. The smallest absolute Gasteiger partial charge is 0.164 e. The molecule has 0 fully saturated rings. The van der Waals surface area contributed by atoms with Gasteiger partial charge >= 0.3 is 0 Å². The molecular formula is C32H23N5. The van der Waals surface area contributed by atoms with Crippen molar-refractivity contribution >= 4 is 0 Å². The summed E-state index contributed by atoms with van der Waals surface area (Å²) in [4.78, 5) is 23.3. The lowest BCUT2D eigenvalue weighted by Crippen LogP contribution is -2.00. The second-order valence-electron chi connectivity index (χ2n) is 8.82. The van der Waals surface area contributed by atoms with E-state index in [4.69, 9.17) is 15.0 Å². The van der Waals surface area contributed by atoms with E-state index in [0.29, 0.717) is 17.5 Å². The molecule has 6 aromatic rings. The number of rotatable bonds is 5. The summed E-state index contributed by atoms with van der Waals surface area (Å²) < 4.78 is 0. The van der Waals surface area contributed by atoms with Gasteiger partial charge in [-0.2, -0.15) is 0 Å². The Balaban J connectivity index is 1.50. The fourth-order valence-corrected chi connectivity index (χ4v) is 4.21. The molecule has 5 nitrogen and oxygen atoms in total. The van der Waals surface area contributed by atoms with Gasteiger partial charge in [-0.25, -0.2) is 15.0 Å². The molecule has 6 rings (SSSR count). The Hall–Kier alpha value is -5.03. The first-order chi connectivity index (χ1) is 18.2. The molecule has 0 aliphatic rings. The maximum Gasteiger partial charge on any atom is 0.164 e. The Kier molecular flexibility index (Phi) is 6.01. The summed E-state index contributed by atoms with van der Waals surface area (Å²) in [5, 5.41) is 0. The molecule has 0 saturated carbocycles. The molecule has 0 atom stereocenters. The van der Waals surface area contributed by atoms with Crippen molar-refractivity contribution in [3.63, 3.8) is 0 Å². The third-order valence-corrected chi connectivity index (χ3v) is 6.18. The van der Waals surface area contributed by atoms with E-state index in [2.05, 4.69) is 65.4 Å². The third kappa shape index (κ3) is 4.88. The monoisotopic (exact) mass is 477 g/mol. The summed E-state index contributed by atoms with van der Waals surface area (Å²) in [5.74, 6) is 1.88. The Bertz CT molecular complexity index is 1560. The predicted octanol–water partition coefficient (Wildman–Crippen LogP) is 7.31. The minimum atomic E-state index is 0.623. The van der Waals surface area contributed by atoms with E-state index >= 15 is 0 Å². The largest absolute Gasteiger partial charge is 0.264 e. The normalized spacial score (nSPS) is 10.8. The number of hydrogen-bond acceptors (Lipinski definition) is 5. The molecule has 0 spiro atoms. The Morgan fingerprint density at radius 3 is 1.30 bits per heavy atom. The molecule has 0 saturated heterocycles. The van der Waals surface area contributed by atoms with Gasteiger partial charge < -0.3 is 0 Å². The molecule has 0 bridgehead atoms. The number of aromatic nitrogens is 5. The van der Waals surface area contributed by atoms with Crippen LogP contribution in [0.3, 0.4) is 0 Å². The topological polar surface area (TPSA) is 64.5 Å². The number of pyridine rings is 2. The van der Waals surface area contributed by atoms with Crippen molar-refractivity contribution in [2.75, 3.05) is 0 Å². The van der Waals surface area contributed by atoms with Crippen molar-refractivity contribution in [3.05, 3.63) is 127 Å². The first-order valence-corrected chi connectivity index (χ1v) is 12.1. The SMILES string of the molecule is Cc1ccc(-c2nc(-c3cccc(-c4cccnc4)c3)nc(-c3cccc(-c4cccnc4)c3)n2)cc1. The number of aryl methyl sites for hydroxylation is 1. The summed E-state index contributed by atoms with van der Waals surface area (Å²) >= 11 is 0. The first-order valence-electron chi connectivity index (χ1n) is 12.1. The van der Waals surface area contributed by atoms with Crippen LogP contribution in [0.15, 0.2) is 122 Å². The molecule has 0 aliphatic heterocycles. The molecule has 0 amide bonds. The fourth-order valence-electron chi connectivity index (χ4n) is 4.21. The van der Waals surface area contributed by atoms with Crippen molar-refractivity contribution in [2.24, 2.45) is 0 Å². The maximum absolute atomic E-state index is 4.93. The molecule has 0 N–H and O–H groups in total. The summed E-state index contributed by atoms with van der Waals surface area (Å²) in [6.07, 6.45) is 7.28. The average molecular weight is 478 g/mol. The van der Waals surface area contributed by atoms with Gasteiger partial charge in [0, 0.05) is 52.6 Å². The van der Waals surface area contributed by atoms with Crippen LogP contribution in [0.2, 0.25) is 0 Å². The Labute approximate surface area is 215 Å². The Morgan fingerprint density at radius 2 is 0.838 bits per heavy atom. The van der Waals surface area contributed by atoms with Gasteiger partial charge in [0.15, 0.2) is 17.5 Å². The van der Waals surface area contributed by atoms with Crippen LogP contribution in [0.4, 0.5) is 0 Å². The van der Waals surface area contributed by atoms with Crippen molar-refractivity contribution in [1.29, 1.82) is 0 Å². The van der Waals surface area contributed by atoms with Crippen LogP contribution >= 0.6 is 0 Å². The third-order valence-electron chi connectivity index (χ3n) is 6.18. The van der Waals surface area contributed by atoms with E-state index < -0.39 is 0 Å². The second-order valence-corrected chi connectivity index (χ2v) is 8.82. The van der Waals surface area contributed by atoms with Crippen molar-refractivity contribution in [1.82, 2.24) is 24.9 Å². The van der Waals surface area contributed by atoms with Crippen LogP contribution in [0.25, 0.3) is 56.4 Å². The van der Waals surface area contributed by atoms with Gasteiger partial charge in [-0.05, 0) is 42.3 Å². The van der Waals surface area contributed by atoms with E-state index in [0.717, 1.165) is 38.9 Å². The van der Waals surface area contributed by atoms with Crippen molar-refractivity contribution < 1.29 is 0 Å². The minimum absolute atomic E-state index is 0.623. The quantitative estimate of drug-likeness (QED) is 0.261. The Morgan fingerprint density at radius 1 is 0.405 bits per heavy atom. The standard InChI is InChI=1S/C32H23N5/c1-22-12-14-23(15-13-22)30-35-31(26-8-2-6-24(18-26)28-10-4-16-33-20-28)37-32(36-30)27-9-3-7-25(19-27)29-11-5-17-34-21-29/h2-21H,1H3. The summed E-state index contributed by atoms with van der Waals surface area (Å²) in [6, 6.07) is 32.7. The zero-order chi connectivity index (χ0) is 25.0. The molecule has 3 aromatic heterocycles. The van der Waals surface area contributed by atoms with Gasteiger partial charge in [-0.15, -0.1) is 0 Å². The van der Waals surface area contributed by atoms with E-state index in [-0.39, 0.29) is 0 Å². The van der Waals surface area contributed by atoms with Gasteiger partial charge in [-0.1, -0.05) is 78.4 Å². The van der Waals surface area contributed by atoms with Crippen LogP contribution in [-0.4, -0.2) is 24.9 Å². The van der Waals surface area contributed by atoms with Gasteiger partial charge in [0.05, 0.1) is 0 Å². The number of nitrogens with zero attached hydrogens (tertiary/aromatic N) is 5. The lowest BCUT2D eigenvalue weighted by Gasteiger charge is -2.10. The van der Waals surface area contributed by atoms with E-state index in [1.165, 1.54) is 5.56 Å². The average Bonchev–Trinajstić information content (AvgIpc) is 2.98. The highest BCUT2D eigenvalue weighted by Crippen LogP contribution is 2.29. The van der Waals surface area contributed by atoms with Crippen molar-refractivity contribution in [3.8, 4) is 56.4 Å². The van der Waals surface area contributed by atoms with E-state index in [1.54, 1.807) is 12.4 Å². The summed E-state index contributed by atoms with van der Waals surface area (Å²) in [6.45, 7) is 2.07. The number of benzene rings is 3. The molecule has 3 heterocycles. The van der Waals surface area contributed by atoms with Crippen LogP contribution in [-0.2, 0) is 0 Å². The predicted molar refractivity (Wildman–Crippen MR) is 147 cm³/mol. The lowest BCUT2D eigenvalue weighted by molar-refractivity contribution is 1.07. The molecule has 5 heteroatoms. The molecule has 3 aromatic carbocycles. The molecule has 176 valence electrons. The maximum atomic E-state index is 4.93. The molecular weight excluding hydrogens is 454 g/mol. The van der Waals surface area contributed by atoms with Gasteiger partial charge in [0.2, 0.25) is 0 Å². The lowest BCUT2D eigenvalue weighted by atomic mass is 10.0. The molecule has 0 aliphatic carbocycles. The van der Waals surface area contributed by atoms with Crippen LogP contribution in [0.1, 0.15) is 5.56 Å². The zero-order valence-corrected chi connectivity index (χ0v) is 20.3. The molecule has 0 radical (unpaired) electrons. The molecule has 0 unspecified atom stereocenters. The highest BCUT2D eigenvalue weighted by atomic mass is 15.0. The van der Waals surface area contributed by atoms with Gasteiger partial charge in [0.25, 0.3) is 0 Å². The zero-order valence-electron chi connectivity index (χ0n) is 20.3. The first kappa shape index (κ1) is 22.4. The summed E-state index contributed by atoms with van der Waals surface area (Å²) in [5.41, 5.74) is 8.17. The van der Waals surface area contributed by atoms with E-state index in [9.17, 15) is 0 Å². The highest BCUT2D eigenvalue weighted by molar-refractivity contribution is 5.74. The number of hydrogen-bond donors (Lipinski definition) is 0. The van der Waals surface area contributed by atoms with Crippen LogP contribution in [0, 0.1) is 6.92 Å². The van der Waals surface area contributed by atoms with Crippen LogP contribution in [0.5, 0.6) is 0 Å². The van der Waals surface area contributed by atoms with Crippen LogP contribution < -0.4 is 0 Å². The fraction of sp³-hybridized carbons (Fsp3) is 0.0312. The highest BCUT2D eigenvalue weighted by Gasteiger charge is 2.14. The van der Waals surface area contributed by atoms with Crippen molar-refractivity contribution in [2.45, 2.75) is 6.92 Å². The van der Waals surface area contributed by atoms with E-state index in [1.807, 2.05) is 60.9 Å². The second kappa shape index (κ2) is 9.91. The molecule has 37 heavy (non-hydrogen) atoms.